The maximum absolute atomic E-state index is 11.9. The summed E-state index contributed by atoms with van der Waals surface area (Å²) in [5.41, 5.74) is 2.64. The summed E-state index contributed by atoms with van der Waals surface area (Å²) in [6.45, 7) is 4.99. The molecule has 0 heterocycles. The third-order valence-electron chi connectivity index (χ3n) is 2.52. The van der Waals surface area contributed by atoms with Gasteiger partial charge < -0.3 is 15.2 Å². The number of hydrogen-bond acceptors (Lipinski definition) is 3. The number of ether oxygens (including phenoxy) is 1. The largest absolute Gasteiger partial charge is 0.394 e. The van der Waals surface area contributed by atoms with Gasteiger partial charge in [0.2, 0.25) is 0 Å². The fourth-order valence-corrected chi connectivity index (χ4v) is 1.98. The summed E-state index contributed by atoms with van der Waals surface area (Å²) in [5.74, 6) is -0.101. The van der Waals surface area contributed by atoms with Crippen molar-refractivity contribution in [2.75, 3.05) is 26.4 Å². The molecule has 0 aromatic heterocycles. The summed E-state index contributed by atoms with van der Waals surface area (Å²) in [6.07, 6.45) is 0. The van der Waals surface area contributed by atoms with Crippen LogP contribution < -0.4 is 5.32 Å². The van der Waals surface area contributed by atoms with Crippen LogP contribution >= 0.6 is 15.9 Å². The molecule has 0 aliphatic carbocycles. The molecule has 1 aromatic rings. The smallest absolute Gasteiger partial charge is 0.251 e. The highest BCUT2D eigenvalue weighted by molar-refractivity contribution is 9.10. The highest BCUT2D eigenvalue weighted by atomic mass is 79.9. The lowest BCUT2D eigenvalue weighted by atomic mass is 10.1. The van der Waals surface area contributed by atoms with Gasteiger partial charge in [-0.15, -0.1) is 0 Å². The van der Waals surface area contributed by atoms with Crippen molar-refractivity contribution in [2.24, 2.45) is 0 Å². The zero-order valence-electron chi connectivity index (χ0n) is 10.6. The highest BCUT2D eigenvalue weighted by Crippen LogP contribution is 2.20. The molecule has 0 saturated carbocycles. The van der Waals surface area contributed by atoms with E-state index in [-0.39, 0.29) is 12.5 Å². The van der Waals surface area contributed by atoms with Gasteiger partial charge in [0, 0.05) is 16.6 Å². The Kier molecular flexibility index (Phi) is 6.32. The van der Waals surface area contributed by atoms with Gasteiger partial charge in [0.05, 0.1) is 19.8 Å². The molecule has 1 rings (SSSR count). The Morgan fingerprint density at radius 2 is 2.06 bits per heavy atom. The van der Waals surface area contributed by atoms with Crippen LogP contribution in [0.25, 0.3) is 0 Å². The molecule has 0 spiro atoms. The average Bonchev–Trinajstić information content (AvgIpc) is 2.33. The quantitative estimate of drug-likeness (QED) is 0.787. The van der Waals surface area contributed by atoms with Gasteiger partial charge in [0.15, 0.2) is 0 Å². The SMILES string of the molecule is Cc1cc(C(=O)NCCOCCO)c(C)cc1Br. The minimum atomic E-state index is -0.101. The fraction of sp³-hybridized carbons (Fsp3) is 0.462. The number of nitrogens with one attached hydrogen (secondary N) is 1. The topological polar surface area (TPSA) is 58.6 Å². The van der Waals surface area contributed by atoms with E-state index >= 15 is 0 Å². The first-order chi connectivity index (χ1) is 8.56. The molecule has 0 atom stereocenters. The molecular weight excluding hydrogens is 298 g/mol. The molecule has 0 radical (unpaired) electrons. The van der Waals surface area contributed by atoms with Gasteiger partial charge in [-0.05, 0) is 37.1 Å². The summed E-state index contributed by atoms with van der Waals surface area (Å²) in [6, 6.07) is 3.80. The van der Waals surface area contributed by atoms with Crippen molar-refractivity contribution in [3.63, 3.8) is 0 Å². The minimum Gasteiger partial charge on any atom is -0.394 e. The molecule has 0 saturated heterocycles. The second kappa shape index (κ2) is 7.51. The first kappa shape index (κ1) is 15.1. The molecular formula is C13H18BrNO3. The van der Waals surface area contributed by atoms with Crippen molar-refractivity contribution in [3.05, 3.63) is 33.3 Å². The predicted octanol–water partition coefficient (Wildman–Crippen LogP) is 1.80. The van der Waals surface area contributed by atoms with Gasteiger partial charge in [-0.2, -0.15) is 0 Å². The van der Waals surface area contributed by atoms with E-state index in [9.17, 15) is 4.79 Å². The van der Waals surface area contributed by atoms with Crippen molar-refractivity contribution < 1.29 is 14.6 Å². The van der Waals surface area contributed by atoms with E-state index in [0.29, 0.717) is 25.3 Å². The summed E-state index contributed by atoms with van der Waals surface area (Å²) in [4.78, 5) is 11.9. The lowest BCUT2D eigenvalue weighted by Gasteiger charge is -2.10. The molecule has 4 nitrogen and oxygen atoms in total. The zero-order chi connectivity index (χ0) is 13.5. The second-order valence-electron chi connectivity index (χ2n) is 4.01. The maximum atomic E-state index is 11.9. The van der Waals surface area contributed by atoms with E-state index in [0.717, 1.165) is 15.6 Å². The molecule has 0 aliphatic heterocycles. The molecule has 1 amide bonds. The Morgan fingerprint density at radius 3 is 2.72 bits per heavy atom. The summed E-state index contributed by atoms with van der Waals surface area (Å²) >= 11 is 3.44. The molecule has 0 unspecified atom stereocenters. The third-order valence-corrected chi connectivity index (χ3v) is 3.37. The van der Waals surface area contributed by atoms with Gasteiger partial charge >= 0.3 is 0 Å². The predicted molar refractivity (Wildman–Crippen MR) is 73.9 cm³/mol. The van der Waals surface area contributed by atoms with E-state index in [1.165, 1.54) is 0 Å². The van der Waals surface area contributed by atoms with Crippen LogP contribution in [0.15, 0.2) is 16.6 Å². The Labute approximate surface area is 115 Å². The molecule has 100 valence electrons. The number of aryl methyl sites for hydroxylation is 2. The molecule has 0 aliphatic rings. The summed E-state index contributed by atoms with van der Waals surface area (Å²) in [5, 5.41) is 11.3. The van der Waals surface area contributed by atoms with Gasteiger partial charge in [-0.3, -0.25) is 4.79 Å². The van der Waals surface area contributed by atoms with Crippen LogP contribution in [0.2, 0.25) is 0 Å². The Morgan fingerprint density at radius 1 is 1.33 bits per heavy atom. The van der Waals surface area contributed by atoms with Gasteiger partial charge in [-0.25, -0.2) is 0 Å². The monoisotopic (exact) mass is 315 g/mol. The molecule has 0 bridgehead atoms. The van der Waals surface area contributed by atoms with Crippen molar-refractivity contribution in [1.29, 1.82) is 0 Å². The number of hydrogen-bond donors (Lipinski definition) is 2. The Balaban J connectivity index is 2.54. The third kappa shape index (κ3) is 4.40. The number of aliphatic hydroxyl groups is 1. The normalized spacial score (nSPS) is 10.4. The van der Waals surface area contributed by atoms with E-state index < -0.39 is 0 Å². The molecule has 1 aromatic carbocycles. The van der Waals surface area contributed by atoms with E-state index in [4.69, 9.17) is 9.84 Å². The highest BCUT2D eigenvalue weighted by Gasteiger charge is 2.10. The second-order valence-corrected chi connectivity index (χ2v) is 4.86. The van der Waals surface area contributed by atoms with E-state index in [2.05, 4.69) is 21.2 Å². The maximum Gasteiger partial charge on any atom is 0.251 e. The van der Waals surface area contributed by atoms with Crippen molar-refractivity contribution >= 4 is 21.8 Å². The number of aliphatic hydroxyl groups excluding tert-OH is 1. The number of carbonyl (C=O) groups excluding carboxylic acids is 1. The van der Waals surface area contributed by atoms with Crippen LogP contribution in [0, 0.1) is 13.8 Å². The molecule has 5 heteroatoms. The number of amides is 1. The minimum absolute atomic E-state index is 0.00103. The summed E-state index contributed by atoms with van der Waals surface area (Å²) < 4.78 is 6.07. The van der Waals surface area contributed by atoms with Crippen molar-refractivity contribution in [3.8, 4) is 0 Å². The van der Waals surface area contributed by atoms with Crippen LogP contribution in [0.3, 0.4) is 0 Å². The van der Waals surface area contributed by atoms with E-state index in [1.807, 2.05) is 26.0 Å². The first-order valence-corrected chi connectivity index (χ1v) is 6.59. The zero-order valence-corrected chi connectivity index (χ0v) is 12.2. The molecule has 0 fully saturated rings. The average molecular weight is 316 g/mol. The molecule has 2 N–H and O–H groups in total. The lowest BCUT2D eigenvalue weighted by molar-refractivity contribution is 0.0837. The van der Waals surface area contributed by atoms with Crippen LogP contribution in [0.4, 0.5) is 0 Å². The van der Waals surface area contributed by atoms with Crippen LogP contribution in [-0.4, -0.2) is 37.4 Å². The van der Waals surface area contributed by atoms with Crippen molar-refractivity contribution in [1.82, 2.24) is 5.32 Å². The number of halogens is 1. The van der Waals surface area contributed by atoms with Crippen LogP contribution in [0.5, 0.6) is 0 Å². The summed E-state index contributed by atoms with van der Waals surface area (Å²) in [7, 11) is 0. The van der Waals surface area contributed by atoms with Gasteiger partial charge in [0.25, 0.3) is 5.91 Å². The van der Waals surface area contributed by atoms with Crippen LogP contribution in [-0.2, 0) is 4.74 Å². The Hall–Kier alpha value is -0.910. The number of carbonyl (C=O) groups is 1. The van der Waals surface area contributed by atoms with Gasteiger partial charge in [-0.1, -0.05) is 15.9 Å². The number of benzene rings is 1. The van der Waals surface area contributed by atoms with Crippen molar-refractivity contribution in [2.45, 2.75) is 13.8 Å². The van der Waals surface area contributed by atoms with Gasteiger partial charge in [0.1, 0.15) is 0 Å². The number of rotatable bonds is 6. The Bertz CT molecular complexity index is 421. The van der Waals surface area contributed by atoms with Crippen LogP contribution in [0.1, 0.15) is 21.5 Å². The fourth-order valence-electron chi connectivity index (χ4n) is 1.52. The molecule has 18 heavy (non-hydrogen) atoms. The first-order valence-electron chi connectivity index (χ1n) is 5.79. The van der Waals surface area contributed by atoms with E-state index in [1.54, 1.807) is 0 Å². The standard InChI is InChI=1S/C13H18BrNO3/c1-9-8-12(14)10(2)7-11(9)13(17)15-3-5-18-6-4-16/h7-8,16H,3-6H2,1-2H3,(H,15,17). The lowest BCUT2D eigenvalue weighted by Crippen LogP contribution is -2.28.